The number of hydrogen-bond donors (Lipinski definition) is 2. The van der Waals surface area contributed by atoms with Crippen LogP contribution < -0.4 is 4.72 Å². The highest BCUT2D eigenvalue weighted by molar-refractivity contribution is 7.91. The average molecular weight is 332 g/mol. The van der Waals surface area contributed by atoms with Gasteiger partial charge in [-0.15, -0.1) is 11.3 Å². The summed E-state index contributed by atoms with van der Waals surface area (Å²) < 4.78 is 27.0. The van der Waals surface area contributed by atoms with E-state index in [0.717, 1.165) is 25.7 Å². The lowest BCUT2D eigenvalue weighted by Gasteiger charge is -2.19. The average Bonchev–Trinajstić information content (AvgIpc) is 3.14. The highest BCUT2D eigenvalue weighted by Gasteiger charge is 2.23. The molecule has 0 bridgehead atoms. The molecule has 1 saturated carbocycles. The van der Waals surface area contributed by atoms with Crippen LogP contribution in [0.15, 0.2) is 21.7 Å². The molecule has 0 amide bonds. The molecule has 2 atom stereocenters. The van der Waals surface area contributed by atoms with Crippen molar-refractivity contribution < 1.29 is 13.5 Å². The van der Waals surface area contributed by atoms with E-state index in [0.29, 0.717) is 16.7 Å². The summed E-state index contributed by atoms with van der Waals surface area (Å²) >= 11 is 1.23. The van der Waals surface area contributed by atoms with Gasteiger partial charge in [0.15, 0.2) is 0 Å². The Kier molecular flexibility index (Phi) is 6.22. The Hall–Kier alpha value is -0.430. The Bertz CT molecular complexity index is 507. The van der Waals surface area contributed by atoms with Gasteiger partial charge in [-0.3, -0.25) is 0 Å². The minimum absolute atomic E-state index is 0.219. The zero-order chi connectivity index (χ0) is 15.3. The predicted octanol–water partition coefficient (Wildman–Crippen LogP) is 2.99. The van der Waals surface area contributed by atoms with Crippen LogP contribution in [0, 0.1) is 11.8 Å². The second-order valence-electron chi connectivity index (χ2n) is 6.08. The Morgan fingerprint density at radius 3 is 2.71 bits per heavy atom. The van der Waals surface area contributed by atoms with E-state index in [2.05, 4.69) is 4.72 Å². The zero-order valence-corrected chi connectivity index (χ0v) is 14.1. The molecule has 0 radical (unpaired) electrons. The topological polar surface area (TPSA) is 66.4 Å². The third kappa shape index (κ3) is 5.06. The van der Waals surface area contributed by atoms with Gasteiger partial charge in [0.2, 0.25) is 10.0 Å². The van der Waals surface area contributed by atoms with Crippen LogP contribution in [0.4, 0.5) is 0 Å². The van der Waals surface area contributed by atoms with Crippen molar-refractivity contribution in [3.8, 4) is 0 Å². The van der Waals surface area contributed by atoms with Crippen molar-refractivity contribution in [2.45, 2.75) is 55.8 Å². The minimum atomic E-state index is -3.36. The molecule has 0 spiro atoms. The fraction of sp³-hybridized carbons (Fsp3) is 0.733. The van der Waals surface area contributed by atoms with Crippen LogP contribution in [0.2, 0.25) is 0 Å². The monoisotopic (exact) mass is 331 g/mol. The first-order valence-corrected chi connectivity index (χ1v) is 10.1. The smallest absolute Gasteiger partial charge is 0.250 e. The van der Waals surface area contributed by atoms with Gasteiger partial charge in [-0.25, -0.2) is 13.1 Å². The van der Waals surface area contributed by atoms with Crippen LogP contribution in [0.5, 0.6) is 0 Å². The fourth-order valence-corrected chi connectivity index (χ4v) is 5.08. The van der Waals surface area contributed by atoms with Crippen molar-refractivity contribution >= 4 is 21.4 Å². The lowest BCUT2D eigenvalue weighted by Crippen LogP contribution is -2.28. The molecule has 1 fully saturated rings. The van der Waals surface area contributed by atoms with Gasteiger partial charge in [0, 0.05) is 6.54 Å². The second-order valence-corrected chi connectivity index (χ2v) is 9.02. The molecule has 0 saturated heterocycles. The maximum Gasteiger partial charge on any atom is 0.250 e. The maximum absolute atomic E-state index is 12.0. The van der Waals surface area contributed by atoms with Gasteiger partial charge >= 0.3 is 0 Å². The van der Waals surface area contributed by atoms with E-state index < -0.39 is 10.0 Å². The second kappa shape index (κ2) is 7.72. The number of aliphatic hydroxyl groups excluding tert-OH is 1. The first-order valence-electron chi connectivity index (χ1n) is 7.70. The zero-order valence-electron chi connectivity index (χ0n) is 12.5. The van der Waals surface area contributed by atoms with Crippen molar-refractivity contribution in [2.75, 3.05) is 6.54 Å². The molecule has 1 aromatic heterocycles. The van der Waals surface area contributed by atoms with Gasteiger partial charge < -0.3 is 5.11 Å². The number of hydrogen-bond acceptors (Lipinski definition) is 4. The number of rotatable bonds is 8. The first-order chi connectivity index (χ1) is 9.99. The van der Waals surface area contributed by atoms with Crippen molar-refractivity contribution in [2.24, 2.45) is 11.8 Å². The molecule has 4 nitrogen and oxygen atoms in total. The molecule has 1 aliphatic rings. The first kappa shape index (κ1) is 16.9. The molecule has 1 unspecified atom stereocenters. The fourth-order valence-electron chi connectivity index (χ4n) is 2.87. The third-order valence-corrected chi connectivity index (χ3v) is 7.10. The van der Waals surface area contributed by atoms with Crippen LogP contribution >= 0.6 is 11.3 Å². The van der Waals surface area contributed by atoms with E-state index >= 15 is 0 Å². The standard InChI is InChI=1S/C15H25NO3S2/c1-12(8-9-14(17)13-5-2-3-6-13)11-16-21(18,19)15-7-4-10-20-15/h4,7,10,12-14,16-17H,2-3,5-6,8-9,11H2,1H3/t12-,14?/m0/s1. The molecule has 1 aliphatic carbocycles. The summed E-state index contributed by atoms with van der Waals surface area (Å²) in [5, 5.41) is 11.9. The summed E-state index contributed by atoms with van der Waals surface area (Å²) in [6.45, 7) is 2.45. The van der Waals surface area contributed by atoms with E-state index in [4.69, 9.17) is 0 Å². The molecule has 6 heteroatoms. The maximum atomic E-state index is 12.0. The molecule has 0 aliphatic heterocycles. The molecule has 120 valence electrons. The molecule has 2 N–H and O–H groups in total. The molecule has 0 aromatic carbocycles. The summed E-state index contributed by atoms with van der Waals surface area (Å²) in [5.41, 5.74) is 0. The number of nitrogens with one attached hydrogen (secondary N) is 1. The van der Waals surface area contributed by atoms with E-state index in [1.807, 2.05) is 6.92 Å². The Morgan fingerprint density at radius 2 is 2.10 bits per heavy atom. The lowest BCUT2D eigenvalue weighted by atomic mass is 9.94. The molecule has 2 rings (SSSR count). The van der Waals surface area contributed by atoms with Crippen molar-refractivity contribution in [1.82, 2.24) is 4.72 Å². The van der Waals surface area contributed by atoms with Crippen molar-refractivity contribution in [1.29, 1.82) is 0 Å². The lowest BCUT2D eigenvalue weighted by molar-refractivity contribution is 0.0954. The van der Waals surface area contributed by atoms with Crippen LogP contribution in [-0.2, 0) is 10.0 Å². The quantitative estimate of drug-likeness (QED) is 0.769. The molecule has 1 aromatic rings. The van der Waals surface area contributed by atoms with Crippen LogP contribution in [-0.4, -0.2) is 26.2 Å². The van der Waals surface area contributed by atoms with Gasteiger partial charge in [-0.1, -0.05) is 25.8 Å². The van der Waals surface area contributed by atoms with Crippen LogP contribution in [0.25, 0.3) is 0 Å². The SMILES string of the molecule is C[C@@H](CCC(O)C1CCCC1)CNS(=O)(=O)c1cccs1. The highest BCUT2D eigenvalue weighted by Crippen LogP contribution is 2.30. The van der Waals surface area contributed by atoms with Crippen LogP contribution in [0.3, 0.4) is 0 Å². The predicted molar refractivity (Wildman–Crippen MR) is 85.9 cm³/mol. The Balaban J connectivity index is 1.71. The van der Waals surface area contributed by atoms with Crippen molar-refractivity contribution in [3.05, 3.63) is 17.5 Å². The molecule has 21 heavy (non-hydrogen) atoms. The minimum Gasteiger partial charge on any atom is -0.393 e. The normalized spacial score (nSPS) is 19.7. The Labute approximate surface area is 131 Å². The summed E-state index contributed by atoms with van der Waals surface area (Å²) in [6.07, 6.45) is 6.15. The van der Waals surface area contributed by atoms with E-state index in [1.54, 1.807) is 17.5 Å². The van der Waals surface area contributed by atoms with Gasteiger partial charge in [-0.05, 0) is 49.0 Å². The highest BCUT2D eigenvalue weighted by atomic mass is 32.2. The summed E-state index contributed by atoms with van der Waals surface area (Å²) in [5.74, 6) is 0.691. The number of sulfonamides is 1. The summed E-state index contributed by atoms with van der Waals surface area (Å²) in [4.78, 5) is 0. The summed E-state index contributed by atoms with van der Waals surface area (Å²) in [6, 6.07) is 3.35. The number of aliphatic hydroxyl groups is 1. The summed E-state index contributed by atoms with van der Waals surface area (Å²) in [7, 11) is -3.36. The largest absolute Gasteiger partial charge is 0.393 e. The molecule has 1 heterocycles. The van der Waals surface area contributed by atoms with Gasteiger partial charge in [-0.2, -0.15) is 0 Å². The van der Waals surface area contributed by atoms with Gasteiger partial charge in [0.25, 0.3) is 0 Å². The van der Waals surface area contributed by atoms with E-state index in [1.165, 1.54) is 24.2 Å². The van der Waals surface area contributed by atoms with Gasteiger partial charge in [0.1, 0.15) is 4.21 Å². The van der Waals surface area contributed by atoms with Crippen LogP contribution in [0.1, 0.15) is 45.4 Å². The number of thiophene rings is 1. The van der Waals surface area contributed by atoms with Gasteiger partial charge in [0.05, 0.1) is 6.10 Å². The van der Waals surface area contributed by atoms with E-state index in [9.17, 15) is 13.5 Å². The Morgan fingerprint density at radius 1 is 1.38 bits per heavy atom. The molecular weight excluding hydrogens is 306 g/mol. The van der Waals surface area contributed by atoms with E-state index in [-0.39, 0.29) is 12.0 Å². The molecular formula is C15H25NO3S2. The van der Waals surface area contributed by atoms with Crippen molar-refractivity contribution in [3.63, 3.8) is 0 Å². The third-order valence-electron chi connectivity index (χ3n) is 4.28.